The fraction of sp³-hybridized carbons (Fsp3) is 0.200. The molecule has 0 radical (unpaired) electrons. The molecule has 6 heteroatoms. The third-order valence-corrected chi connectivity index (χ3v) is 4.68. The highest BCUT2D eigenvalue weighted by atomic mass is 19.1. The SMILES string of the molecule is Cc1cc(-c2ccc(CN3Cc4ncccc4C3O)c(F)c2)cnc1F. The highest BCUT2D eigenvalue weighted by molar-refractivity contribution is 5.63. The monoisotopic (exact) mass is 353 g/mol. The molecular formula is C20H17F2N3O. The number of rotatable bonds is 3. The number of halogens is 2. The van der Waals surface area contributed by atoms with Crippen molar-refractivity contribution in [2.45, 2.75) is 26.2 Å². The maximum Gasteiger partial charge on any atom is 0.215 e. The average molecular weight is 353 g/mol. The zero-order chi connectivity index (χ0) is 18.3. The molecule has 0 fully saturated rings. The lowest BCUT2D eigenvalue weighted by Crippen LogP contribution is -2.22. The molecule has 1 N–H and O–H groups in total. The smallest absolute Gasteiger partial charge is 0.215 e. The lowest BCUT2D eigenvalue weighted by molar-refractivity contribution is 0.00695. The number of pyridine rings is 2. The van der Waals surface area contributed by atoms with E-state index in [0.717, 1.165) is 11.3 Å². The van der Waals surface area contributed by atoms with E-state index in [1.165, 1.54) is 12.3 Å². The molecule has 0 bridgehead atoms. The number of aryl methyl sites for hydroxylation is 1. The van der Waals surface area contributed by atoms with Crippen LogP contribution >= 0.6 is 0 Å². The van der Waals surface area contributed by atoms with Crippen molar-refractivity contribution in [2.24, 2.45) is 0 Å². The van der Waals surface area contributed by atoms with Crippen molar-refractivity contribution in [2.75, 3.05) is 0 Å². The first-order valence-corrected chi connectivity index (χ1v) is 8.30. The quantitative estimate of drug-likeness (QED) is 0.729. The molecule has 4 rings (SSSR count). The van der Waals surface area contributed by atoms with E-state index < -0.39 is 12.2 Å². The predicted octanol–water partition coefficient (Wildman–Crippen LogP) is 3.74. The van der Waals surface area contributed by atoms with E-state index in [1.807, 2.05) is 6.07 Å². The summed E-state index contributed by atoms with van der Waals surface area (Å²) in [5.41, 5.74) is 3.76. The van der Waals surface area contributed by atoms with Crippen LogP contribution in [-0.2, 0) is 13.1 Å². The van der Waals surface area contributed by atoms with E-state index in [9.17, 15) is 13.9 Å². The van der Waals surface area contributed by atoms with Crippen LogP contribution in [0.2, 0.25) is 0 Å². The van der Waals surface area contributed by atoms with E-state index in [0.29, 0.717) is 28.8 Å². The van der Waals surface area contributed by atoms with Crippen molar-refractivity contribution in [3.8, 4) is 11.1 Å². The summed E-state index contributed by atoms with van der Waals surface area (Å²) in [4.78, 5) is 9.71. The van der Waals surface area contributed by atoms with Gasteiger partial charge in [0, 0.05) is 47.7 Å². The summed E-state index contributed by atoms with van der Waals surface area (Å²) in [5.74, 6) is -0.900. The molecule has 1 unspecified atom stereocenters. The Balaban J connectivity index is 1.57. The van der Waals surface area contributed by atoms with Crippen molar-refractivity contribution in [1.29, 1.82) is 0 Å². The Morgan fingerprint density at radius 1 is 1.15 bits per heavy atom. The molecule has 132 valence electrons. The highest BCUT2D eigenvalue weighted by Gasteiger charge is 2.29. The van der Waals surface area contributed by atoms with E-state index in [-0.39, 0.29) is 12.4 Å². The summed E-state index contributed by atoms with van der Waals surface area (Å²) in [6.45, 7) is 2.36. The van der Waals surface area contributed by atoms with Gasteiger partial charge >= 0.3 is 0 Å². The Labute approximate surface area is 149 Å². The van der Waals surface area contributed by atoms with Crippen LogP contribution in [0.1, 0.15) is 28.6 Å². The molecule has 3 aromatic rings. The van der Waals surface area contributed by atoms with Gasteiger partial charge in [-0.3, -0.25) is 9.88 Å². The maximum absolute atomic E-state index is 14.6. The van der Waals surface area contributed by atoms with Gasteiger partial charge in [-0.25, -0.2) is 9.37 Å². The Hall–Kier alpha value is -2.70. The van der Waals surface area contributed by atoms with Crippen molar-refractivity contribution in [3.05, 3.63) is 82.9 Å². The molecule has 1 aromatic carbocycles. The summed E-state index contributed by atoms with van der Waals surface area (Å²) >= 11 is 0. The van der Waals surface area contributed by atoms with Gasteiger partial charge in [0.1, 0.15) is 12.0 Å². The molecule has 0 saturated carbocycles. The Bertz CT molecular complexity index is 977. The number of nitrogens with zero attached hydrogens (tertiary/aromatic N) is 3. The fourth-order valence-corrected chi connectivity index (χ4v) is 3.23. The molecule has 1 aliphatic rings. The standard InChI is InChI=1S/C20H17F2N3O/c1-12-7-15(9-24-19(12)22)13-4-5-14(17(21)8-13)10-25-11-18-16(20(25)26)3-2-6-23-18/h2-9,20,26H,10-11H2,1H3. The molecule has 0 spiro atoms. The van der Waals surface area contributed by atoms with E-state index in [2.05, 4.69) is 9.97 Å². The van der Waals surface area contributed by atoms with Gasteiger partial charge < -0.3 is 5.11 Å². The normalized spacial score (nSPS) is 16.7. The molecule has 1 atom stereocenters. The number of hydrogen-bond donors (Lipinski definition) is 1. The van der Waals surface area contributed by atoms with Crippen LogP contribution in [0.5, 0.6) is 0 Å². The van der Waals surface area contributed by atoms with Gasteiger partial charge in [-0.2, -0.15) is 4.39 Å². The zero-order valence-corrected chi connectivity index (χ0v) is 14.2. The van der Waals surface area contributed by atoms with Crippen LogP contribution in [-0.4, -0.2) is 20.0 Å². The summed E-state index contributed by atoms with van der Waals surface area (Å²) in [5, 5.41) is 10.4. The third kappa shape index (κ3) is 2.98. The molecule has 0 aliphatic carbocycles. The van der Waals surface area contributed by atoms with E-state index in [4.69, 9.17) is 0 Å². The number of hydrogen-bond acceptors (Lipinski definition) is 4. The number of benzene rings is 1. The predicted molar refractivity (Wildman–Crippen MR) is 92.8 cm³/mol. The topological polar surface area (TPSA) is 49.2 Å². The Morgan fingerprint density at radius 2 is 2.00 bits per heavy atom. The lowest BCUT2D eigenvalue weighted by atomic mass is 10.0. The second kappa shape index (κ2) is 6.55. The van der Waals surface area contributed by atoms with Crippen LogP contribution in [0.3, 0.4) is 0 Å². The molecule has 4 nitrogen and oxygen atoms in total. The Kier molecular flexibility index (Phi) is 4.22. The molecule has 2 aromatic heterocycles. The fourth-order valence-electron chi connectivity index (χ4n) is 3.23. The van der Waals surface area contributed by atoms with Crippen LogP contribution in [0.25, 0.3) is 11.1 Å². The van der Waals surface area contributed by atoms with Crippen molar-refractivity contribution >= 4 is 0 Å². The Morgan fingerprint density at radius 3 is 2.73 bits per heavy atom. The molecule has 0 amide bonds. The first kappa shape index (κ1) is 16.8. The second-order valence-electron chi connectivity index (χ2n) is 6.46. The third-order valence-electron chi connectivity index (χ3n) is 4.68. The highest BCUT2D eigenvalue weighted by Crippen LogP contribution is 2.32. The van der Waals surface area contributed by atoms with Gasteiger partial charge in [0.2, 0.25) is 5.95 Å². The van der Waals surface area contributed by atoms with Crippen LogP contribution in [0.4, 0.5) is 8.78 Å². The number of aliphatic hydroxyl groups is 1. The number of aliphatic hydroxyl groups excluding tert-OH is 1. The van der Waals surface area contributed by atoms with Gasteiger partial charge in [-0.05, 0) is 30.7 Å². The number of fused-ring (bicyclic) bond motifs is 1. The zero-order valence-electron chi connectivity index (χ0n) is 14.2. The molecule has 0 saturated heterocycles. The largest absolute Gasteiger partial charge is 0.374 e. The van der Waals surface area contributed by atoms with Crippen molar-refractivity contribution in [1.82, 2.24) is 14.9 Å². The van der Waals surface area contributed by atoms with Gasteiger partial charge in [0.15, 0.2) is 0 Å². The van der Waals surface area contributed by atoms with Gasteiger partial charge in [-0.15, -0.1) is 0 Å². The second-order valence-corrected chi connectivity index (χ2v) is 6.46. The minimum absolute atomic E-state index is 0.268. The lowest BCUT2D eigenvalue weighted by Gasteiger charge is -2.20. The van der Waals surface area contributed by atoms with Crippen LogP contribution in [0.15, 0.2) is 48.8 Å². The number of aromatic nitrogens is 2. The first-order chi connectivity index (χ1) is 12.5. The minimum Gasteiger partial charge on any atom is -0.374 e. The average Bonchev–Trinajstić information content (AvgIpc) is 2.95. The molecule has 1 aliphatic heterocycles. The van der Waals surface area contributed by atoms with Crippen molar-refractivity contribution < 1.29 is 13.9 Å². The van der Waals surface area contributed by atoms with Gasteiger partial charge in [0.25, 0.3) is 0 Å². The molecule has 26 heavy (non-hydrogen) atoms. The van der Waals surface area contributed by atoms with E-state index >= 15 is 0 Å². The maximum atomic E-state index is 14.6. The van der Waals surface area contributed by atoms with Gasteiger partial charge in [-0.1, -0.05) is 18.2 Å². The minimum atomic E-state index is -0.790. The first-order valence-electron chi connectivity index (χ1n) is 8.30. The summed E-state index contributed by atoms with van der Waals surface area (Å²) in [7, 11) is 0. The summed E-state index contributed by atoms with van der Waals surface area (Å²) < 4.78 is 27.9. The summed E-state index contributed by atoms with van der Waals surface area (Å²) in [6.07, 6.45) is 2.29. The van der Waals surface area contributed by atoms with Crippen LogP contribution in [0, 0.1) is 18.7 Å². The van der Waals surface area contributed by atoms with Crippen LogP contribution < -0.4 is 0 Å². The molecule has 3 heterocycles. The van der Waals surface area contributed by atoms with E-state index in [1.54, 1.807) is 42.3 Å². The van der Waals surface area contributed by atoms with Crippen molar-refractivity contribution in [3.63, 3.8) is 0 Å². The summed E-state index contributed by atoms with van der Waals surface area (Å²) in [6, 6.07) is 10.1. The molecular weight excluding hydrogens is 336 g/mol. The van der Waals surface area contributed by atoms with Gasteiger partial charge in [0.05, 0.1) is 5.69 Å².